The first-order chi connectivity index (χ1) is 10.5. The van der Waals surface area contributed by atoms with Gasteiger partial charge in [0, 0.05) is 0 Å². The first-order valence-electron chi connectivity index (χ1n) is 9.51. The highest BCUT2D eigenvalue weighted by atomic mass is 32.2. The number of rotatable bonds is 1. The Hall–Kier alpha value is -0.0900. The largest absolute Gasteiger partial charge is 0.285 e. The summed E-state index contributed by atoms with van der Waals surface area (Å²) in [7, 11) is -3.93. The lowest BCUT2D eigenvalue weighted by Gasteiger charge is -2.42. The SMILES string of the molecule is O=S(=O)(O)C1CCCCCCCCCCCC12CCCCC2. The molecule has 130 valence electrons. The molecule has 0 radical (unpaired) electrons. The molecule has 1 unspecified atom stereocenters. The molecule has 3 nitrogen and oxygen atoms in total. The summed E-state index contributed by atoms with van der Waals surface area (Å²) < 4.78 is 34.1. The molecule has 2 rings (SSSR count). The van der Waals surface area contributed by atoms with Crippen LogP contribution in [0.2, 0.25) is 0 Å². The smallest absolute Gasteiger partial charge is 0.268 e. The summed E-state index contributed by atoms with van der Waals surface area (Å²) in [6.45, 7) is 0. The van der Waals surface area contributed by atoms with Gasteiger partial charge >= 0.3 is 0 Å². The van der Waals surface area contributed by atoms with Crippen LogP contribution in [0.25, 0.3) is 0 Å². The van der Waals surface area contributed by atoms with E-state index in [-0.39, 0.29) is 5.41 Å². The Morgan fingerprint density at radius 1 is 0.636 bits per heavy atom. The van der Waals surface area contributed by atoms with Gasteiger partial charge in [-0.15, -0.1) is 0 Å². The van der Waals surface area contributed by atoms with Crippen LogP contribution in [0.15, 0.2) is 0 Å². The molecule has 2 fully saturated rings. The topological polar surface area (TPSA) is 54.4 Å². The van der Waals surface area contributed by atoms with Crippen molar-refractivity contribution in [2.75, 3.05) is 0 Å². The standard InChI is InChI=1S/C18H34O3S/c19-22(20,21)17-13-9-6-4-2-1-3-5-7-10-14-18(17)15-11-8-12-16-18/h17H,1-16H2,(H,19,20,21). The molecule has 0 aromatic carbocycles. The molecule has 2 aliphatic carbocycles. The highest BCUT2D eigenvalue weighted by Gasteiger charge is 2.45. The van der Waals surface area contributed by atoms with Crippen LogP contribution in [-0.4, -0.2) is 18.2 Å². The molecule has 2 aliphatic rings. The van der Waals surface area contributed by atoms with E-state index in [2.05, 4.69) is 0 Å². The predicted octanol–water partition coefficient (Wildman–Crippen LogP) is 5.50. The maximum absolute atomic E-state index is 12.1. The van der Waals surface area contributed by atoms with Crippen LogP contribution >= 0.6 is 0 Å². The lowest BCUT2D eigenvalue weighted by molar-refractivity contribution is 0.146. The molecular weight excluding hydrogens is 296 g/mol. The van der Waals surface area contributed by atoms with E-state index < -0.39 is 15.4 Å². The van der Waals surface area contributed by atoms with Crippen molar-refractivity contribution in [2.24, 2.45) is 5.41 Å². The minimum absolute atomic E-state index is 0.139. The molecule has 0 heterocycles. The van der Waals surface area contributed by atoms with Gasteiger partial charge in [0.1, 0.15) is 0 Å². The highest BCUT2D eigenvalue weighted by molar-refractivity contribution is 7.86. The third-order valence-corrected chi connectivity index (χ3v) is 7.49. The summed E-state index contributed by atoms with van der Waals surface area (Å²) in [5.74, 6) is 0. The Balaban J connectivity index is 2.15. The summed E-state index contributed by atoms with van der Waals surface area (Å²) in [5, 5.41) is -0.513. The molecule has 4 heteroatoms. The summed E-state index contributed by atoms with van der Waals surface area (Å²) >= 11 is 0. The molecule has 0 aromatic rings. The molecule has 1 N–H and O–H groups in total. The summed E-state index contributed by atoms with van der Waals surface area (Å²) in [6.07, 6.45) is 18.0. The maximum atomic E-state index is 12.1. The van der Waals surface area contributed by atoms with Crippen LogP contribution < -0.4 is 0 Å². The predicted molar refractivity (Wildman–Crippen MR) is 91.6 cm³/mol. The molecule has 0 aliphatic heterocycles. The zero-order chi connectivity index (χ0) is 15.9. The molecule has 1 spiro atoms. The van der Waals surface area contributed by atoms with Gasteiger partial charge in [0.05, 0.1) is 5.25 Å². The molecule has 0 amide bonds. The third-order valence-electron chi connectivity index (χ3n) is 6.03. The Kier molecular flexibility index (Phi) is 7.20. The zero-order valence-corrected chi connectivity index (χ0v) is 14.9. The normalized spacial score (nSPS) is 29.2. The van der Waals surface area contributed by atoms with E-state index in [4.69, 9.17) is 0 Å². The van der Waals surface area contributed by atoms with Crippen LogP contribution in [0.5, 0.6) is 0 Å². The van der Waals surface area contributed by atoms with Gasteiger partial charge in [-0.1, -0.05) is 77.0 Å². The van der Waals surface area contributed by atoms with Gasteiger partial charge in [-0.25, -0.2) is 0 Å². The number of hydrogen-bond acceptors (Lipinski definition) is 2. The van der Waals surface area contributed by atoms with E-state index in [1.165, 1.54) is 44.9 Å². The van der Waals surface area contributed by atoms with E-state index in [9.17, 15) is 13.0 Å². The molecule has 0 aromatic heterocycles. The first kappa shape index (κ1) is 18.3. The lowest BCUT2D eigenvalue weighted by atomic mass is 9.67. The molecule has 22 heavy (non-hydrogen) atoms. The van der Waals surface area contributed by atoms with Crippen molar-refractivity contribution in [3.05, 3.63) is 0 Å². The Morgan fingerprint density at radius 2 is 1.00 bits per heavy atom. The van der Waals surface area contributed by atoms with Crippen LogP contribution in [0.1, 0.15) is 103 Å². The quantitative estimate of drug-likeness (QED) is 0.646. The van der Waals surface area contributed by atoms with Crippen molar-refractivity contribution < 1.29 is 13.0 Å². The van der Waals surface area contributed by atoms with E-state index in [1.807, 2.05) is 0 Å². The van der Waals surface area contributed by atoms with Crippen LogP contribution in [-0.2, 0) is 10.1 Å². The van der Waals surface area contributed by atoms with Crippen LogP contribution in [0.4, 0.5) is 0 Å². The van der Waals surface area contributed by atoms with Gasteiger partial charge in [0.15, 0.2) is 0 Å². The lowest BCUT2D eigenvalue weighted by Crippen LogP contribution is -2.42. The van der Waals surface area contributed by atoms with Crippen molar-refractivity contribution in [3.8, 4) is 0 Å². The van der Waals surface area contributed by atoms with Crippen molar-refractivity contribution in [1.29, 1.82) is 0 Å². The Bertz CT molecular complexity index is 410. The van der Waals surface area contributed by atoms with Crippen LogP contribution in [0, 0.1) is 5.41 Å². The molecule has 0 bridgehead atoms. The fourth-order valence-electron chi connectivity index (χ4n) is 4.80. The van der Waals surface area contributed by atoms with E-state index in [1.54, 1.807) is 0 Å². The third kappa shape index (κ3) is 5.23. The number of hydrogen-bond donors (Lipinski definition) is 1. The molecule has 0 saturated heterocycles. The van der Waals surface area contributed by atoms with E-state index in [0.717, 1.165) is 51.4 Å². The van der Waals surface area contributed by atoms with Gasteiger partial charge in [-0.2, -0.15) is 8.42 Å². The maximum Gasteiger partial charge on any atom is 0.268 e. The van der Waals surface area contributed by atoms with Gasteiger partial charge < -0.3 is 0 Å². The second-order valence-corrected chi connectivity index (χ2v) is 9.25. The molecular formula is C18H34O3S. The monoisotopic (exact) mass is 330 g/mol. The molecule has 2 saturated carbocycles. The second kappa shape index (κ2) is 8.68. The van der Waals surface area contributed by atoms with Crippen molar-refractivity contribution in [1.82, 2.24) is 0 Å². The van der Waals surface area contributed by atoms with Crippen molar-refractivity contribution in [3.63, 3.8) is 0 Å². The van der Waals surface area contributed by atoms with Crippen molar-refractivity contribution in [2.45, 2.75) is 108 Å². The molecule has 1 atom stereocenters. The van der Waals surface area contributed by atoms with Gasteiger partial charge in [-0.3, -0.25) is 4.55 Å². The fraction of sp³-hybridized carbons (Fsp3) is 1.00. The van der Waals surface area contributed by atoms with E-state index >= 15 is 0 Å². The minimum Gasteiger partial charge on any atom is -0.285 e. The fourth-order valence-corrected chi connectivity index (χ4v) is 6.25. The highest BCUT2D eigenvalue weighted by Crippen LogP contribution is 2.47. The van der Waals surface area contributed by atoms with E-state index in [0.29, 0.717) is 6.42 Å². The summed E-state index contributed by atoms with van der Waals surface area (Å²) in [6, 6.07) is 0. The zero-order valence-electron chi connectivity index (χ0n) is 14.1. The average molecular weight is 331 g/mol. The van der Waals surface area contributed by atoms with Gasteiger partial charge in [0.25, 0.3) is 10.1 Å². The van der Waals surface area contributed by atoms with Crippen molar-refractivity contribution >= 4 is 10.1 Å². The summed E-state index contributed by atoms with van der Waals surface area (Å²) in [4.78, 5) is 0. The minimum atomic E-state index is -3.93. The van der Waals surface area contributed by atoms with Crippen LogP contribution in [0.3, 0.4) is 0 Å². The van der Waals surface area contributed by atoms with Gasteiger partial charge in [-0.05, 0) is 31.1 Å². The average Bonchev–Trinajstić information content (AvgIpc) is 2.49. The Labute approximate surface area is 137 Å². The Morgan fingerprint density at radius 3 is 1.45 bits per heavy atom. The summed E-state index contributed by atoms with van der Waals surface area (Å²) in [5.41, 5.74) is -0.139. The van der Waals surface area contributed by atoms with Gasteiger partial charge in [0.2, 0.25) is 0 Å². The second-order valence-electron chi connectivity index (χ2n) is 7.65. The first-order valence-corrected chi connectivity index (χ1v) is 11.0.